The van der Waals surface area contributed by atoms with Gasteiger partial charge in [-0.2, -0.15) is 0 Å². The highest BCUT2D eigenvalue weighted by Gasteiger charge is 2.23. The summed E-state index contributed by atoms with van der Waals surface area (Å²) in [6, 6.07) is 4.30. The van der Waals surface area contributed by atoms with Gasteiger partial charge in [0.25, 0.3) is 5.69 Å². The van der Waals surface area contributed by atoms with E-state index in [-0.39, 0.29) is 18.2 Å². The first-order chi connectivity index (χ1) is 11.5. The van der Waals surface area contributed by atoms with Crippen molar-refractivity contribution in [3.05, 3.63) is 34.4 Å². The van der Waals surface area contributed by atoms with Crippen LogP contribution in [0.3, 0.4) is 0 Å². The van der Waals surface area contributed by atoms with Crippen LogP contribution in [0.5, 0.6) is 0 Å². The minimum atomic E-state index is -1.12. The normalized spacial score (nSPS) is 18.1. The molecule has 0 saturated carbocycles. The third-order valence-corrected chi connectivity index (χ3v) is 3.67. The topological polar surface area (TPSA) is 131 Å². The Morgan fingerprint density at radius 2 is 2.08 bits per heavy atom. The number of amides is 1. The largest absolute Gasteiger partial charge is 0.480 e. The Hall–Kier alpha value is -2.52. The lowest BCUT2D eigenvalue weighted by molar-refractivity contribution is -0.384. The van der Waals surface area contributed by atoms with E-state index < -0.39 is 22.8 Å². The molecule has 0 bridgehead atoms. The van der Waals surface area contributed by atoms with Crippen molar-refractivity contribution in [2.24, 2.45) is 0 Å². The van der Waals surface area contributed by atoms with E-state index in [1.165, 1.54) is 24.3 Å². The molecule has 1 aromatic carbocycles. The van der Waals surface area contributed by atoms with E-state index in [1.807, 2.05) is 0 Å². The number of nitro groups is 1. The first-order valence-corrected chi connectivity index (χ1v) is 7.58. The molecule has 2 rings (SSSR count). The van der Waals surface area contributed by atoms with Crippen molar-refractivity contribution >= 4 is 23.3 Å². The van der Waals surface area contributed by atoms with Gasteiger partial charge in [-0.05, 0) is 25.0 Å². The smallest absolute Gasteiger partial charge is 0.321 e. The van der Waals surface area contributed by atoms with Crippen molar-refractivity contribution in [2.75, 3.05) is 18.5 Å². The number of hydrogen-bond donors (Lipinski definition) is 3. The lowest BCUT2D eigenvalue weighted by Crippen LogP contribution is -2.43. The highest BCUT2D eigenvalue weighted by atomic mass is 16.6. The molecule has 0 aliphatic carbocycles. The highest BCUT2D eigenvalue weighted by Crippen LogP contribution is 2.16. The van der Waals surface area contributed by atoms with E-state index in [2.05, 4.69) is 10.6 Å². The summed E-state index contributed by atoms with van der Waals surface area (Å²) in [6.45, 7) is 1.05. The van der Waals surface area contributed by atoms with Crippen LogP contribution in [-0.2, 0) is 14.3 Å². The first-order valence-electron chi connectivity index (χ1n) is 7.58. The molecule has 1 aliphatic heterocycles. The first kappa shape index (κ1) is 17.8. The van der Waals surface area contributed by atoms with Crippen LogP contribution in [0.15, 0.2) is 24.3 Å². The number of anilines is 1. The standard InChI is InChI=1S/C15H19N3O6/c19-14(17-10-3-5-11(6-4-10)18(22)23)8-13(15(20)21)16-9-12-2-1-7-24-12/h3-6,12-13,16H,1-2,7-9H2,(H,17,19)(H,20,21). The average Bonchev–Trinajstić information content (AvgIpc) is 3.05. The molecule has 0 aromatic heterocycles. The van der Waals surface area contributed by atoms with Gasteiger partial charge in [0.2, 0.25) is 5.91 Å². The van der Waals surface area contributed by atoms with Crippen molar-refractivity contribution in [2.45, 2.75) is 31.4 Å². The van der Waals surface area contributed by atoms with Crippen LogP contribution in [0, 0.1) is 10.1 Å². The Balaban J connectivity index is 1.85. The van der Waals surface area contributed by atoms with Gasteiger partial charge in [-0.3, -0.25) is 19.7 Å². The second-order valence-electron chi connectivity index (χ2n) is 5.49. The highest BCUT2D eigenvalue weighted by molar-refractivity contribution is 5.94. The van der Waals surface area contributed by atoms with E-state index in [4.69, 9.17) is 4.74 Å². The molecular weight excluding hydrogens is 318 g/mol. The quantitative estimate of drug-likeness (QED) is 0.479. The molecular formula is C15H19N3O6. The van der Waals surface area contributed by atoms with Gasteiger partial charge in [-0.25, -0.2) is 0 Å². The Morgan fingerprint density at radius 3 is 2.62 bits per heavy atom. The summed E-state index contributed by atoms with van der Waals surface area (Å²) in [5, 5.41) is 25.1. The summed E-state index contributed by atoms with van der Waals surface area (Å²) in [7, 11) is 0. The zero-order valence-electron chi connectivity index (χ0n) is 12.9. The van der Waals surface area contributed by atoms with Gasteiger partial charge < -0.3 is 20.5 Å². The minimum absolute atomic E-state index is 0.0235. The average molecular weight is 337 g/mol. The number of carbonyl (C=O) groups excluding carboxylic acids is 1. The Kier molecular flexibility index (Phi) is 6.21. The number of nitro benzene ring substituents is 1. The molecule has 2 atom stereocenters. The van der Waals surface area contributed by atoms with E-state index in [0.29, 0.717) is 18.8 Å². The fraction of sp³-hybridized carbons (Fsp3) is 0.467. The molecule has 1 aromatic rings. The molecule has 0 spiro atoms. The number of aliphatic carboxylic acids is 1. The number of rotatable bonds is 8. The SMILES string of the molecule is O=C(CC(NCC1CCCO1)C(=O)O)Nc1ccc([N+](=O)[O-])cc1. The molecule has 9 heteroatoms. The number of ether oxygens (including phenoxy) is 1. The number of benzene rings is 1. The zero-order chi connectivity index (χ0) is 17.5. The van der Waals surface area contributed by atoms with Gasteiger partial charge >= 0.3 is 5.97 Å². The molecule has 0 radical (unpaired) electrons. The van der Waals surface area contributed by atoms with Gasteiger partial charge in [0.05, 0.1) is 17.4 Å². The molecule has 1 saturated heterocycles. The van der Waals surface area contributed by atoms with Crippen molar-refractivity contribution in [1.29, 1.82) is 0 Å². The Labute approximate surface area is 138 Å². The maximum Gasteiger partial charge on any atom is 0.321 e. The van der Waals surface area contributed by atoms with E-state index in [9.17, 15) is 24.8 Å². The lowest BCUT2D eigenvalue weighted by Gasteiger charge is -2.17. The fourth-order valence-corrected chi connectivity index (χ4v) is 2.39. The van der Waals surface area contributed by atoms with Gasteiger partial charge in [0.15, 0.2) is 0 Å². The van der Waals surface area contributed by atoms with Crippen molar-refractivity contribution < 1.29 is 24.4 Å². The summed E-state index contributed by atoms with van der Waals surface area (Å²) in [4.78, 5) is 33.2. The van der Waals surface area contributed by atoms with Gasteiger partial charge in [-0.1, -0.05) is 0 Å². The second kappa shape index (κ2) is 8.37. The van der Waals surface area contributed by atoms with E-state index >= 15 is 0 Å². The Morgan fingerprint density at radius 1 is 1.38 bits per heavy atom. The summed E-state index contributed by atoms with van der Waals surface area (Å²) in [5.74, 6) is -1.61. The molecule has 3 N–H and O–H groups in total. The molecule has 24 heavy (non-hydrogen) atoms. The van der Waals surface area contributed by atoms with Crippen molar-refractivity contribution in [1.82, 2.24) is 5.32 Å². The van der Waals surface area contributed by atoms with Crippen LogP contribution in [0.1, 0.15) is 19.3 Å². The van der Waals surface area contributed by atoms with Crippen LogP contribution in [-0.4, -0.2) is 47.2 Å². The number of carbonyl (C=O) groups is 2. The second-order valence-corrected chi connectivity index (χ2v) is 5.49. The van der Waals surface area contributed by atoms with Crippen molar-refractivity contribution in [3.8, 4) is 0 Å². The van der Waals surface area contributed by atoms with Crippen LogP contribution in [0.4, 0.5) is 11.4 Å². The van der Waals surface area contributed by atoms with Crippen LogP contribution < -0.4 is 10.6 Å². The maximum absolute atomic E-state index is 12.0. The van der Waals surface area contributed by atoms with Crippen LogP contribution >= 0.6 is 0 Å². The van der Waals surface area contributed by atoms with E-state index in [1.54, 1.807) is 0 Å². The summed E-state index contributed by atoms with van der Waals surface area (Å²) in [6.07, 6.45) is 1.54. The molecule has 2 unspecified atom stereocenters. The van der Waals surface area contributed by atoms with Crippen LogP contribution in [0.25, 0.3) is 0 Å². The third kappa shape index (κ3) is 5.28. The summed E-state index contributed by atoms with van der Waals surface area (Å²) >= 11 is 0. The predicted molar refractivity (Wildman–Crippen MR) is 84.7 cm³/mol. The van der Waals surface area contributed by atoms with Crippen molar-refractivity contribution in [3.63, 3.8) is 0 Å². The molecule has 9 nitrogen and oxygen atoms in total. The number of non-ortho nitro benzene ring substituents is 1. The Bertz CT molecular complexity index is 598. The van der Waals surface area contributed by atoms with Crippen LogP contribution in [0.2, 0.25) is 0 Å². The number of carboxylic acid groups (broad SMARTS) is 1. The maximum atomic E-state index is 12.0. The zero-order valence-corrected chi connectivity index (χ0v) is 12.9. The predicted octanol–water partition coefficient (Wildman–Crippen LogP) is 1.15. The van der Waals surface area contributed by atoms with E-state index in [0.717, 1.165) is 12.8 Å². The fourth-order valence-electron chi connectivity index (χ4n) is 2.39. The van der Waals surface area contributed by atoms with Gasteiger partial charge in [-0.15, -0.1) is 0 Å². The number of hydrogen-bond acceptors (Lipinski definition) is 6. The number of nitrogens with one attached hydrogen (secondary N) is 2. The molecule has 1 fully saturated rings. The lowest BCUT2D eigenvalue weighted by atomic mass is 10.1. The molecule has 1 amide bonds. The molecule has 1 aliphatic rings. The number of nitrogens with zero attached hydrogens (tertiary/aromatic N) is 1. The summed E-state index contributed by atoms with van der Waals surface area (Å²) < 4.78 is 5.40. The number of carboxylic acids is 1. The molecule has 1 heterocycles. The molecule has 130 valence electrons. The third-order valence-electron chi connectivity index (χ3n) is 3.67. The van der Waals surface area contributed by atoms with Gasteiger partial charge in [0, 0.05) is 31.0 Å². The monoisotopic (exact) mass is 337 g/mol. The minimum Gasteiger partial charge on any atom is -0.480 e. The summed E-state index contributed by atoms with van der Waals surface area (Å²) in [5.41, 5.74) is 0.281. The van der Waals surface area contributed by atoms with Gasteiger partial charge in [0.1, 0.15) is 6.04 Å².